The number of thiophene rings is 1. The number of hydrogen-bond donors (Lipinski definition) is 1. The summed E-state index contributed by atoms with van der Waals surface area (Å²) < 4.78 is 2.03. The molecular formula is C15H23N3S. The largest absolute Gasteiger partial charge is 0.308 e. The Labute approximate surface area is 119 Å². The molecule has 0 saturated heterocycles. The maximum Gasteiger partial charge on any atom is 0.0625 e. The Kier molecular flexibility index (Phi) is 5.16. The van der Waals surface area contributed by atoms with Crippen molar-refractivity contribution >= 4 is 11.3 Å². The molecule has 1 atom stereocenters. The molecule has 0 spiro atoms. The van der Waals surface area contributed by atoms with E-state index in [9.17, 15) is 0 Å². The number of hydrogen-bond acceptors (Lipinski definition) is 3. The van der Waals surface area contributed by atoms with E-state index in [-0.39, 0.29) is 0 Å². The lowest BCUT2D eigenvalue weighted by Gasteiger charge is -2.18. The van der Waals surface area contributed by atoms with Gasteiger partial charge in [-0.1, -0.05) is 19.9 Å². The number of nitrogens with one attached hydrogen (secondary N) is 1. The van der Waals surface area contributed by atoms with Gasteiger partial charge in [0.2, 0.25) is 0 Å². The lowest BCUT2D eigenvalue weighted by atomic mass is 10.1. The summed E-state index contributed by atoms with van der Waals surface area (Å²) in [5.74, 6) is 0. The fraction of sp³-hybridized carbons (Fsp3) is 0.533. The third kappa shape index (κ3) is 3.67. The first-order chi connectivity index (χ1) is 9.24. The summed E-state index contributed by atoms with van der Waals surface area (Å²) in [6.45, 7) is 5.40. The topological polar surface area (TPSA) is 29.9 Å². The smallest absolute Gasteiger partial charge is 0.0625 e. The highest BCUT2D eigenvalue weighted by Crippen LogP contribution is 2.22. The Balaban J connectivity index is 2.17. The van der Waals surface area contributed by atoms with Gasteiger partial charge in [0, 0.05) is 18.3 Å². The van der Waals surface area contributed by atoms with E-state index < -0.39 is 0 Å². The minimum absolute atomic E-state index is 0.358. The number of nitrogens with zero attached hydrogens (tertiary/aromatic N) is 2. The van der Waals surface area contributed by atoms with Crippen LogP contribution in [0.3, 0.4) is 0 Å². The van der Waals surface area contributed by atoms with E-state index in [2.05, 4.69) is 47.8 Å². The molecule has 3 nitrogen and oxygen atoms in total. The van der Waals surface area contributed by atoms with Crippen molar-refractivity contribution in [1.29, 1.82) is 0 Å². The van der Waals surface area contributed by atoms with E-state index in [4.69, 9.17) is 0 Å². The van der Waals surface area contributed by atoms with Crippen LogP contribution < -0.4 is 5.32 Å². The fourth-order valence-electron chi connectivity index (χ4n) is 2.27. The molecule has 0 radical (unpaired) electrons. The van der Waals surface area contributed by atoms with Crippen molar-refractivity contribution in [3.63, 3.8) is 0 Å². The third-order valence-corrected chi connectivity index (χ3v) is 4.21. The molecule has 2 aromatic rings. The van der Waals surface area contributed by atoms with Gasteiger partial charge in [0.05, 0.1) is 17.4 Å². The minimum Gasteiger partial charge on any atom is -0.308 e. The highest BCUT2D eigenvalue weighted by molar-refractivity contribution is 7.09. The summed E-state index contributed by atoms with van der Waals surface area (Å²) in [5.41, 5.74) is 2.46. The molecule has 4 heteroatoms. The molecule has 2 rings (SSSR count). The molecule has 0 aliphatic carbocycles. The zero-order valence-corrected chi connectivity index (χ0v) is 12.8. The monoisotopic (exact) mass is 277 g/mol. The van der Waals surface area contributed by atoms with Gasteiger partial charge < -0.3 is 5.32 Å². The van der Waals surface area contributed by atoms with Gasteiger partial charge in [0.15, 0.2) is 0 Å². The van der Waals surface area contributed by atoms with Gasteiger partial charge in [-0.2, -0.15) is 5.10 Å². The van der Waals surface area contributed by atoms with Crippen molar-refractivity contribution in [2.24, 2.45) is 7.05 Å². The molecule has 1 unspecified atom stereocenters. The summed E-state index contributed by atoms with van der Waals surface area (Å²) in [6, 6.07) is 6.93. The molecule has 0 saturated carbocycles. The first-order valence-corrected chi connectivity index (χ1v) is 7.91. The Hall–Kier alpha value is -1.13. The van der Waals surface area contributed by atoms with Crippen LogP contribution in [0.1, 0.15) is 42.6 Å². The lowest BCUT2D eigenvalue weighted by Crippen LogP contribution is -2.25. The predicted octanol–water partition coefficient (Wildman–Crippen LogP) is 3.33. The summed E-state index contributed by atoms with van der Waals surface area (Å²) >= 11 is 1.83. The highest BCUT2D eigenvalue weighted by Gasteiger charge is 2.17. The molecule has 0 fully saturated rings. The molecule has 1 N–H and O–H groups in total. The van der Waals surface area contributed by atoms with Crippen LogP contribution in [-0.2, 0) is 19.9 Å². The van der Waals surface area contributed by atoms with Crippen molar-refractivity contribution < 1.29 is 0 Å². The van der Waals surface area contributed by atoms with Gasteiger partial charge in [-0.05, 0) is 36.9 Å². The average molecular weight is 277 g/mol. The van der Waals surface area contributed by atoms with Gasteiger partial charge in [0.1, 0.15) is 0 Å². The first kappa shape index (κ1) is 14.3. The van der Waals surface area contributed by atoms with Gasteiger partial charge in [-0.25, -0.2) is 0 Å². The van der Waals surface area contributed by atoms with Crippen LogP contribution in [0.4, 0.5) is 0 Å². The Morgan fingerprint density at radius 1 is 1.42 bits per heavy atom. The second-order valence-electron chi connectivity index (χ2n) is 4.83. The minimum atomic E-state index is 0.358. The Morgan fingerprint density at radius 2 is 2.26 bits per heavy atom. The normalized spacial score (nSPS) is 12.8. The maximum absolute atomic E-state index is 4.57. The molecule has 104 valence electrons. The highest BCUT2D eigenvalue weighted by atomic mass is 32.1. The lowest BCUT2D eigenvalue weighted by molar-refractivity contribution is 0.495. The maximum atomic E-state index is 4.57. The van der Waals surface area contributed by atoms with Crippen molar-refractivity contribution in [2.75, 3.05) is 6.54 Å². The van der Waals surface area contributed by atoms with Crippen LogP contribution in [0.15, 0.2) is 23.6 Å². The molecule has 19 heavy (non-hydrogen) atoms. The first-order valence-electron chi connectivity index (χ1n) is 7.03. The number of rotatable bonds is 7. The SMILES string of the molecule is CCCNC(Cc1cccs1)c1cc(CC)nn1C. The second kappa shape index (κ2) is 6.87. The fourth-order valence-corrected chi connectivity index (χ4v) is 3.02. The summed E-state index contributed by atoms with van der Waals surface area (Å²) in [5, 5.41) is 10.4. The standard InChI is InChI=1S/C15H23N3S/c1-4-8-16-14(11-13-7-6-9-19-13)15-10-12(5-2)17-18(15)3/h6-7,9-10,14,16H,4-5,8,11H2,1-3H3. The van der Waals surface area contributed by atoms with Gasteiger partial charge >= 0.3 is 0 Å². The molecule has 0 aromatic carbocycles. The van der Waals surface area contributed by atoms with E-state index >= 15 is 0 Å². The van der Waals surface area contributed by atoms with E-state index in [1.807, 2.05) is 23.1 Å². The second-order valence-corrected chi connectivity index (χ2v) is 5.86. The van der Waals surface area contributed by atoms with Crippen LogP contribution in [0.25, 0.3) is 0 Å². The molecule has 0 bridgehead atoms. The molecule has 0 amide bonds. The molecular weight excluding hydrogens is 254 g/mol. The van der Waals surface area contributed by atoms with E-state index in [1.165, 1.54) is 16.3 Å². The molecule has 2 aromatic heterocycles. The van der Waals surface area contributed by atoms with E-state index in [0.29, 0.717) is 6.04 Å². The van der Waals surface area contributed by atoms with Gasteiger partial charge in [-0.15, -0.1) is 11.3 Å². The van der Waals surface area contributed by atoms with Crippen LogP contribution in [0.2, 0.25) is 0 Å². The van der Waals surface area contributed by atoms with Crippen LogP contribution in [0, 0.1) is 0 Å². The molecule has 0 aliphatic heterocycles. The van der Waals surface area contributed by atoms with Crippen molar-refractivity contribution in [2.45, 2.75) is 39.2 Å². The van der Waals surface area contributed by atoms with Gasteiger partial charge in [-0.3, -0.25) is 4.68 Å². The average Bonchev–Trinajstić information content (AvgIpc) is 3.03. The number of aryl methyl sites for hydroxylation is 2. The van der Waals surface area contributed by atoms with E-state index in [1.54, 1.807) is 0 Å². The zero-order chi connectivity index (χ0) is 13.7. The quantitative estimate of drug-likeness (QED) is 0.841. The van der Waals surface area contributed by atoms with Crippen LogP contribution in [-0.4, -0.2) is 16.3 Å². The molecule has 2 heterocycles. The Morgan fingerprint density at radius 3 is 2.84 bits per heavy atom. The zero-order valence-electron chi connectivity index (χ0n) is 12.0. The summed E-state index contributed by atoms with van der Waals surface area (Å²) in [4.78, 5) is 1.42. The summed E-state index contributed by atoms with van der Waals surface area (Å²) in [7, 11) is 2.05. The van der Waals surface area contributed by atoms with Crippen molar-refractivity contribution in [1.82, 2.24) is 15.1 Å². The van der Waals surface area contributed by atoms with Crippen molar-refractivity contribution in [3.8, 4) is 0 Å². The third-order valence-electron chi connectivity index (χ3n) is 3.31. The Bertz CT molecular complexity index is 487. The molecule has 0 aliphatic rings. The van der Waals surface area contributed by atoms with Crippen LogP contribution in [0.5, 0.6) is 0 Å². The number of aromatic nitrogens is 2. The summed E-state index contributed by atoms with van der Waals surface area (Å²) in [6.07, 6.45) is 3.19. The van der Waals surface area contributed by atoms with Crippen molar-refractivity contribution in [3.05, 3.63) is 39.8 Å². The predicted molar refractivity (Wildman–Crippen MR) is 81.6 cm³/mol. The van der Waals surface area contributed by atoms with Crippen LogP contribution >= 0.6 is 11.3 Å². The van der Waals surface area contributed by atoms with E-state index in [0.717, 1.165) is 25.8 Å². The van der Waals surface area contributed by atoms with Gasteiger partial charge in [0.25, 0.3) is 0 Å².